The molecule has 2 heterocycles. The van der Waals surface area contributed by atoms with Gasteiger partial charge in [0.25, 0.3) is 0 Å². The lowest BCUT2D eigenvalue weighted by molar-refractivity contribution is 0.210. The van der Waals surface area contributed by atoms with Crippen molar-refractivity contribution >= 4 is 11.5 Å². The van der Waals surface area contributed by atoms with Gasteiger partial charge in [-0.2, -0.15) is 5.10 Å². The Labute approximate surface area is 101 Å². The van der Waals surface area contributed by atoms with Crippen LogP contribution in [-0.4, -0.2) is 56.6 Å². The normalized spacial score (nSPS) is 15.8. The summed E-state index contributed by atoms with van der Waals surface area (Å²) in [5, 5.41) is 14.5. The Bertz CT molecular complexity index is 353. The van der Waals surface area contributed by atoms with E-state index in [1.807, 2.05) is 13.1 Å². The Kier molecular flexibility index (Phi) is 4.11. The SMILES string of the molecule is CNC1CN(c2cnnc(NCCOC)c2)C1. The van der Waals surface area contributed by atoms with Crippen LogP contribution in [0.3, 0.4) is 0 Å². The van der Waals surface area contributed by atoms with E-state index in [1.165, 1.54) is 0 Å². The molecule has 0 atom stereocenters. The Morgan fingerprint density at radius 3 is 3.06 bits per heavy atom. The summed E-state index contributed by atoms with van der Waals surface area (Å²) in [6.45, 7) is 3.46. The first kappa shape index (κ1) is 12.1. The van der Waals surface area contributed by atoms with Crippen molar-refractivity contribution in [3.63, 3.8) is 0 Å². The topological polar surface area (TPSA) is 62.3 Å². The second-order valence-electron chi connectivity index (χ2n) is 4.11. The highest BCUT2D eigenvalue weighted by molar-refractivity contribution is 5.54. The number of likely N-dealkylation sites (N-methyl/N-ethyl adjacent to an activating group) is 1. The summed E-state index contributed by atoms with van der Waals surface area (Å²) in [5.74, 6) is 0.799. The fourth-order valence-electron chi connectivity index (χ4n) is 1.77. The summed E-state index contributed by atoms with van der Waals surface area (Å²) in [7, 11) is 3.67. The number of hydrogen-bond donors (Lipinski definition) is 2. The molecule has 0 unspecified atom stereocenters. The van der Waals surface area contributed by atoms with E-state index in [4.69, 9.17) is 4.74 Å². The minimum Gasteiger partial charge on any atom is -0.383 e. The van der Waals surface area contributed by atoms with Gasteiger partial charge in [0.15, 0.2) is 5.82 Å². The van der Waals surface area contributed by atoms with E-state index in [-0.39, 0.29) is 0 Å². The number of ether oxygens (including phenoxy) is 1. The van der Waals surface area contributed by atoms with Crippen LogP contribution in [0.5, 0.6) is 0 Å². The van der Waals surface area contributed by atoms with Crippen molar-refractivity contribution in [3.05, 3.63) is 12.3 Å². The van der Waals surface area contributed by atoms with Crippen molar-refractivity contribution in [1.82, 2.24) is 15.5 Å². The largest absolute Gasteiger partial charge is 0.383 e. The van der Waals surface area contributed by atoms with Crippen molar-refractivity contribution in [3.8, 4) is 0 Å². The molecule has 6 nitrogen and oxygen atoms in total. The average molecular weight is 237 g/mol. The summed E-state index contributed by atoms with van der Waals surface area (Å²) in [6.07, 6.45) is 1.80. The van der Waals surface area contributed by atoms with Gasteiger partial charge in [0, 0.05) is 38.9 Å². The minimum atomic E-state index is 0.591. The number of anilines is 2. The molecule has 0 radical (unpaired) electrons. The molecule has 6 heteroatoms. The van der Waals surface area contributed by atoms with E-state index in [1.54, 1.807) is 13.3 Å². The first-order valence-electron chi connectivity index (χ1n) is 5.81. The lowest BCUT2D eigenvalue weighted by atomic mass is 10.1. The van der Waals surface area contributed by atoms with Gasteiger partial charge in [-0.05, 0) is 7.05 Å². The summed E-state index contributed by atoms with van der Waals surface area (Å²) in [5.41, 5.74) is 1.12. The molecule has 94 valence electrons. The highest BCUT2D eigenvalue weighted by atomic mass is 16.5. The molecule has 2 N–H and O–H groups in total. The molecular formula is C11H19N5O. The third kappa shape index (κ3) is 3.04. The number of rotatable bonds is 6. The maximum absolute atomic E-state index is 4.97. The van der Waals surface area contributed by atoms with Gasteiger partial charge in [-0.25, -0.2) is 0 Å². The molecule has 1 aliphatic rings. The molecular weight excluding hydrogens is 218 g/mol. The van der Waals surface area contributed by atoms with Gasteiger partial charge in [0.2, 0.25) is 0 Å². The van der Waals surface area contributed by atoms with E-state index in [2.05, 4.69) is 25.7 Å². The summed E-state index contributed by atoms with van der Waals surface area (Å²) >= 11 is 0. The zero-order valence-electron chi connectivity index (χ0n) is 10.3. The number of nitrogens with zero attached hydrogens (tertiary/aromatic N) is 3. The van der Waals surface area contributed by atoms with Crippen molar-refractivity contribution in [1.29, 1.82) is 0 Å². The molecule has 0 saturated carbocycles. The molecule has 0 aromatic carbocycles. The van der Waals surface area contributed by atoms with Gasteiger partial charge >= 0.3 is 0 Å². The monoisotopic (exact) mass is 237 g/mol. The van der Waals surface area contributed by atoms with Crippen molar-refractivity contribution in [2.75, 3.05) is 50.6 Å². The van der Waals surface area contributed by atoms with Gasteiger partial charge in [-0.1, -0.05) is 0 Å². The van der Waals surface area contributed by atoms with Crippen molar-refractivity contribution in [2.45, 2.75) is 6.04 Å². The van der Waals surface area contributed by atoms with Crippen LogP contribution >= 0.6 is 0 Å². The summed E-state index contributed by atoms with van der Waals surface area (Å²) in [6, 6.07) is 2.61. The molecule has 1 aliphatic heterocycles. The zero-order chi connectivity index (χ0) is 12.1. The molecule has 17 heavy (non-hydrogen) atoms. The van der Waals surface area contributed by atoms with Crippen LogP contribution in [0.15, 0.2) is 12.3 Å². The predicted octanol–water partition coefficient (Wildman–Crippen LogP) is -0.0571. The minimum absolute atomic E-state index is 0.591. The maximum Gasteiger partial charge on any atom is 0.150 e. The summed E-state index contributed by atoms with van der Waals surface area (Å²) in [4.78, 5) is 2.28. The second-order valence-corrected chi connectivity index (χ2v) is 4.11. The Morgan fingerprint density at radius 2 is 2.35 bits per heavy atom. The van der Waals surface area contributed by atoms with Crippen LogP contribution < -0.4 is 15.5 Å². The van der Waals surface area contributed by atoms with E-state index in [9.17, 15) is 0 Å². The Hall–Kier alpha value is -1.40. The number of hydrogen-bond acceptors (Lipinski definition) is 6. The quantitative estimate of drug-likeness (QED) is 0.676. The van der Waals surface area contributed by atoms with E-state index in [0.717, 1.165) is 31.1 Å². The molecule has 2 rings (SSSR count). The van der Waals surface area contributed by atoms with Crippen LogP contribution in [0.25, 0.3) is 0 Å². The number of aromatic nitrogens is 2. The highest BCUT2D eigenvalue weighted by Gasteiger charge is 2.25. The third-order valence-electron chi connectivity index (χ3n) is 2.91. The maximum atomic E-state index is 4.97. The standard InChI is InChI=1S/C11H19N5O/c1-12-9-7-16(8-9)10-5-11(15-14-6-10)13-3-4-17-2/h5-6,9,12H,3-4,7-8H2,1-2H3,(H,13,15). The molecule has 1 aromatic heterocycles. The van der Waals surface area contributed by atoms with Gasteiger partial charge in [0.05, 0.1) is 18.5 Å². The molecule has 0 bridgehead atoms. The lowest BCUT2D eigenvalue weighted by Gasteiger charge is -2.40. The Morgan fingerprint density at radius 1 is 1.53 bits per heavy atom. The summed E-state index contributed by atoms with van der Waals surface area (Å²) < 4.78 is 4.97. The van der Waals surface area contributed by atoms with Gasteiger partial charge in [-0.3, -0.25) is 0 Å². The van der Waals surface area contributed by atoms with Crippen LogP contribution in [0.1, 0.15) is 0 Å². The highest BCUT2D eigenvalue weighted by Crippen LogP contribution is 2.21. The van der Waals surface area contributed by atoms with Crippen molar-refractivity contribution < 1.29 is 4.74 Å². The fraction of sp³-hybridized carbons (Fsp3) is 0.636. The molecule has 1 fully saturated rings. The number of methoxy groups -OCH3 is 1. The molecule has 0 spiro atoms. The van der Waals surface area contributed by atoms with Crippen LogP contribution in [0.4, 0.5) is 11.5 Å². The smallest absolute Gasteiger partial charge is 0.150 e. The van der Waals surface area contributed by atoms with Gasteiger partial charge in [0.1, 0.15) is 0 Å². The van der Waals surface area contributed by atoms with Crippen molar-refractivity contribution in [2.24, 2.45) is 0 Å². The van der Waals surface area contributed by atoms with E-state index >= 15 is 0 Å². The van der Waals surface area contributed by atoms with Crippen LogP contribution in [0, 0.1) is 0 Å². The van der Waals surface area contributed by atoms with Crippen LogP contribution in [0.2, 0.25) is 0 Å². The first-order valence-corrected chi connectivity index (χ1v) is 5.81. The van der Waals surface area contributed by atoms with Gasteiger partial charge in [-0.15, -0.1) is 5.10 Å². The number of nitrogens with one attached hydrogen (secondary N) is 2. The molecule has 1 aromatic rings. The molecule has 0 amide bonds. The predicted molar refractivity (Wildman–Crippen MR) is 67.5 cm³/mol. The van der Waals surface area contributed by atoms with E-state index < -0.39 is 0 Å². The first-order chi connectivity index (χ1) is 8.33. The average Bonchev–Trinajstić information content (AvgIpc) is 2.29. The molecule has 1 saturated heterocycles. The lowest BCUT2D eigenvalue weighted by Crippen LogP contribution is -2.57. The second kappa shape index (κ2) is 5.79. The third-order valence-corrected chi connectivity index (χ3v) is 2.91. The zero-order valence-corrected chi connectivity index (χ0v) is 10.3. The fourth-order valence-corrected chi connectivity index (χ4v) is 1.77. The molecule has 0 aliphatic carbocycles. The van der Waals surface area contributed by atoms with Gasteiger partial charge < -0.3 is 20.3 Å². The Balaban J connectivity index is 1.88. The van der Waals surface area contributed by atoms with Crippen LogP contribution in [-0.2, 0) is 4.74 Å². The van der Waals surface area contributed by atoms with E-state index in [0.29, 0.717) is 12.6 Å².